The molecule has 0 radical (unpaired) electrons. The van der Waals surface area contributed by atoms with E-state index < -0.39 is 0 Å². The molecule has 1 aromatic rings. The Morgan fingerprint density at radius 1 is 1.50 bits per heavy atom. The summed E-state index contributed by atoms with van der Waals surface area (Å²) in [5.74, 6) is 0.0532. The van der Waals surface area contributed by atoms with Crippen LogP contribution in [0, 0.1) is 0 Å². The van der Waals surface area contributed by atoms with Gasteiger partial charge in [0.25, 0.3) is 0 Å². The first-order valence-corrected chi connectivity index (χ1v) is 5.89. The highest BCUT2D eigenvalue weighted by Gasteiger charge is 2.06. The summed E-state index contributed by atoms with van der Waals surface area (Å²) in [6, 6.07) is 3.76. The molecular formula is C13H18ClN3O. The number of amides is 1. The van der Waals surface area contributed by atoms with Crippen molar-refractivity contribution in [2.24, 2.45) is 0 Å². The summed E-state index contributed by atoms with van der Waals surface area (Å²) in [5.41, 5.74) is 2.26. The van der Waals surface area contributed by atoms with Crippen molar-refractivity contribution in [3.05, 3.63) is 41.7 Å². The predicted molar refractivity (Wildman–Crippen MR) is 73.8 cm³/mol. The van der Waals surface area contributed by atoms with Crippen molar-refractivity contribution in [3.63, 3.8) is 0 Å². The van der Waals surface area contributed by atoms with Crippen molar-refractivity contribution in [1.82, 2.24) is 15.6 Å². The van der Waals surface area contributed by atoms with Gasteiger partial charge in [-0.25, -0.2) is 0 Å². The van der Waals surface area contributed by atoms with Crippen LogP contribution in [0.2, 0.25) is 0 Å². The number of carbonyl (C=O) groups is 1. The van der Waals surface area contributed by atoms with Crippen LogP contribution in [0.5, 0.6) is 0 Å². The fraction of sp³-hybridized carbons (Fsp3) is 0.385. The SMILES string of the molecule is Cl.O=C(Cc1cccnc1)NCC1=CCNCC1. The minimum atomic E-state index is 0. The molecule has 0 saturated heterocycles. The molecule has 0 aromatic carbocycles. The van der Waals surface area contributed by atoms with Gasteiger partial charge in [-0.1, -0.05) is 17.7 Å². The van der Waals surface area contributed by atoms with Gasteiger partial charge >= 0.3 is 0 Å². The Balaban J connectivity index is 0.00000162. The summed E-state index contributed by atoms with van der Waals surface area (Å²) >= 11 is 0. The van der Waals surface area contributed by atoms with E-state index in [1.165, 1.54) is 5.57 Å². The number of hydrogen-bond donors (Lipinski definition) is 2. The molecule has 18 heavy (non-hydrogen) atoms. The van der Waals surface area contributed by atoms with Crippen molar-refractivity contribution in [3.8, 4) is 0 Å². The van der Waals surface area contributed by atoms with Gasteiger partial charge in [0.2, 0.25) is 5.91 Å². The van der Waals surface area contributed by atoms with Gasteiger partial charge in [0.05, 0.1) is 6.42 Å². The molecule has 1 aliphatic heterocycles. The van der Waals surface area contributed by atoms with Crippen molar-refractivity contribution in [2.75, 3.05) is 19.6 Å². The molecule has 98 valence electrons. The lowest BCUT2D eigenvalue weighted by Crippen LogP contribution is -2.30. The van der Waals surface area contributed by atoms with Gasteiger partial charge in [-0.2, -0.15) is 0 Å². The van der Waals surface area contributed by atoms with E-state index in [-0.39, 0.29) is 18.3 Å². The second kappa shape index (κ2) is 7.84. The van der Waals surface area contributed by atoms with Crippen LogP contribution >= 0.6 is 12.4 Å². The first kappa shape index (κ1) is 14.7. The number of nitrogens with one attached hydrogen (secondary N) is 2. The van der Waals surface area contributed by atoms with Crippen LogP contribution in [0.25, 0.3) is 0 Å². The van der Waals surface area contributed by atoms with Gasteiger partial charge in [0.15, 0.2) is 0 Å². The molecule has 1 aliphatic rings. The van der Waals surface area contributed by atoms with Gasteiger partial charge in [-0.15, -0.1) is 12.4 Å². The number of hydrogen-bond acceptors (Lipinski definition) is 3. The molecule has 1 amide bonds. The molecule has 0 aliphatic carbocycles. The zero-order valence-electron chi connectivity index (χ0n) is 10.2. The van der Waals surface area contributed by atoms with Crippen molar-refractivity contribution in [1.29, 1.82) is 0 Å². The van der Waals surface area contributed by atoms with E-state index in [0.717, 1.165) is 25.1 Å². The molecular weight excluding hydrogens is 250 g/mol. The third-order valence-electron chi connectivity index (χ3n) is 2.76. The van der Waals surface area contributed by atoms with Crippen LogP contribution in [0.4, 0.5) is 0 Å². The Hall–Kier alpha value is -1.39. The molecule has 5 heteroatoms. The standard InChI is InChI=1S/C13H17N3O.ClH/c17-13(8-12-2-1-5-15-9-12)16-10-11-3-6-14-7-4-11;/h1-3,5,9,14H,4,6-8,10H2,(H,16,17);1H. The molecule has 0 saturated carbocycles. The molecule has 0 fully saturated rings. The second-order valence-electron chi connectivity index (χ2n) is 4.13. The van der Waals surface area contributed by atoms with E-state index in [1.54, 1.807) is 12.4 Å². The molecule has 0 atom stereocenters. The van der Waals surface area contributed by atoms with Crippen molar-refractivity contribution < 1.29 is 4.79 Å². The topological polar surface area (TPSA) is 54.0 Å². The number of halogens is 1. The lowest BCUT2D eigenvalue weighted by atomic mass is 10.1. The monoisotopic (exact) mass is 267 g/mol. The Labute approximate surface area is 113 Å². The maximum Gasteiger partial charge on any atom is 0.224 e. The van der Waals surface area contributed by atoms with E-state index in [0.29, 0.717) is 13.0 Å². The zero-order chi connectivity index (χ0) is 11.9. The van der Waals surface area contributed by atoms with Crippen LogP contribution in [0.3, 0.4) is 0 Å². The maximum absolute atomic E-state index is 11.7. The predicted octanol–water partition coefficient (Wildman–Crippen LogP) is 1.08. The number of carbonyl (C=O) groups excluding carboxylic acids is 1. The van der Waals surface area contributed by atoms with E-state index in [9.17, 15) is 4.79 Å². The van der Waals surface area contributed by atoms with Crippen LogP contribution in [-0.2, 0) is 11.2 Å². The van der Waals surface area contributed by atoms with Gasteiger partial charge in [-0.05, 0) is 24.6 Å². The highest BCUT2D eigenvalue weighted by molar-refractivity contribution is 5.85. The number of pyridine rings is 1. The Bertz CT molecular complexity index is 406. The molecule has 2 N–H and O–H groups in total. The number of aromatic nitrogens is 1. The van der Waals surface area contributed by atoms with Crippen LogP contribution in [0.15, 0.2) is 36.2 Å². The van der Waals surface area contributed by atoms with Crippen LogP contribution in [0.1, 0.15) is 12.0 Å². The number of nitrogens with zero attached hydrogens (tertiary/aromatic N) is 1. The summed E-state index contributed by atoms with van der Waals surface area (Å²) in [7, 11) is 0. The Morgan fingerprint density at radius 2 is 2.39 bits per heavy atom. The van der Waals surface area contributed by atoms with E-state index >= 15 is 0 Å². The molecule has 2 heterocycles. The highest BCUT2D eigenvalue weighted by Crippen LogP contribution is 2.02. The second-order valence-corrected chi connectivity index (χ2v) is 4.13. The third kappa shape index (κ3) is 4.85. The van der Waals surface area contributed by atoms with E-state index in [1.807, 2.05) is 12.1 Å². The van der Waals surface area contributed by atoms with Crippen molar-refractivity contribution in [2.45, 2.75) is 12.8 Å². The van der Waals surface area contributed by atoms with Gasteiger partial charge < -0.3 is 10.6 Å². The average Bonchev–Trinajstić information content (AvgIpc) is 2.39. The van der Waals surface area contributed by atoms with Crippen LogP contribution in [-0.4, -0.2) is 30.5 Å². The first-order chi connectivity index (χ1) is 8.34. The molecule has 0 unspecified atom stereocenters. The lowest BCUT2D eigenvalue weighted by Gasteiger charge is -2.14. The van der Waals surface area contributed by atoms with E-state index in [2.05, 4.69) is 21.7 Å². The van der Waals surface area contributed by atoms with Gasteiger partial charge in [-0.3, -0.25) is 9.78 Å². The summed E-state index contributed by atoms with van der Waals surface area (Å²) in [6.07, 6.45) is 7.00. The Kier molecular flexibility index (Phi) is 6.39. The quantitative estimate of drug-likeness (QED) is 0.803. The normalized spacial score (nSPS) is 14.3. The molecule has 0 bridgehead atoms. The minimum Gasteiger partial charge on any atom is -0.352 e. The molecule has 4 nitrogen and oxygen atoms in total. The van der Waals surface area contributed by atoms with Crippen LogP contribution < -0.4 is 10.6 Å². The Morgan fingerprint density at radius 3 is 3.06 bits per heavy atom. The van der Waals surface area contributed by atoms with E-state index in [4.69, 9.17) is 0 Å². The average molecular weight is 268 g/mol. The molecule has 0 spiro atoms. The van der Waals surface area contributed by atoms with Crippen molar-refractivity contribution >= 4 is 18.3 Å². The fourth-order valence-electron chi connectivity index (χ4n) is 1.79. The number of rotatable bonds is 4. The largest absolute Gasteiger partial charge is 0.352 e. The summed E-state index contributed by atoms with van der Waals surface area (Å²) in [4.78, 5) is 15.7. The summed E-state index contributed by atoms with van der Waals surface area (Å²) in [5, 5.41) is 6.18. The third-order valence-corrected chi connectivity index (χ3v) is 2.76. The molecule has 1 aromatic heterocycles. The zero-order valence-corrected chi connectivity index (χ0v) is 11.0. The highest BCUT2D eigenvalue weighted by atomic mass is 35.5. The lowest BCUT2D eigenvalue weighted by molar-refractivity contribution is -0.120. The first-order valence-electron chi connectivity index (χ1n) is 5.89. The summed E-state index contributed by atoms with van der Waals surface area (Å²) in [6.45, 7) is 2.58. The smallest absolute Gasteiger partial charge is 0.224 e. The molecule has 2 rings (SSSR count). The fourth-order valence-corrected chi connectivity index (χ4v) is 1.79. The summed E-state index contributed by atoms with van der Waals surface area (Å²) < 4.78 is 0. The maximum atomic E-state index is 11.7. The minimum absolute atomic E-state index is 0. The van der Waals surface area contributed by atoms with Gasteiger partial charge in [0, 0.05) is 25.5 Å². The van der Waals surface area contributed by atoms with Gasteiger partial charge in [0.1, 0.15) is 0 Å².